The molecule has 0 aliphatic carbocycles. The largest absolute Gasteiger partial charge is 0.478 e. The Hall–Kier alpha value is -1.45. The fourth-order valence-electron chi connectivity index (χ4n) is 1.65. The zero-order valence-electron chi connectivity index (χ0n) is 9.68. The van der Waals surface area contributed by atoms with E-state index in [0.29, 0.717) is 0 Å². The highest BCUT2D eigenvalue weighted by molar-refractivity contribution is 7.98. The molecule has 0 aliphatic rings. The van der Waals surface area contributed by atoms with Crippen molar-refractivity contribution in [2.24, 2.45) is 0 Å². The third kappa shape index (κ3) is 2.68. The molecule has 0 amide bonds. The van der Waals surface area contributed by atoms with E-state index < -0.39 is 5.97 Å². The van der Waals surface area contributed by atoms with Crippen LogP contribution in [0.2, 0.25) is 5.02 Å². The van der Waals surface area contributed by atoms with Crippen LogP contribution in [-0.4, -0.2) is 17.3 Å². The minimum absolute atomic E-state index is 0.128. The van der Waals surface area contributed by atoms with E-state index in [-0.39, 0.29) is 10.6 Å². The second-order valence-electron chi connectivity index (χ2n) is 3.73. The van der Waals surface area contributed by atoms with Crippen molar-refractivity contribution in [2.75, 3.05) is 6.26 Å². The first kappa shape index (κ1) is 13.0. The van der Waals surface area contributed by atoms with Crippen LogP contribution in [-0.2, 0) is 0 Å². The molecular weight excluding hydrogens is 268 g/mol. The Morgan fingerprint density at radius 1 is 1.11 bits per heavy atom. The molecule has 2 rings (SSSR count). The standard InChI is InChI=1S/C14H11ClO2S/c1-18-11-5-2-9(3-6-11)10-4-7-13(15)12(8-10)14(16)17/h2-8H,1H3,(H,16,17). The molecule has 0 unspecified atom stereocenters. The Morgan fingerprint density at radius 3 is 2.28 bits per heavy atom. The third-order valence-corrected chi connectivity index (χ3v) is 3.69. The van der Waals surface area contributed by atoms with Gasteiger partial charge in [0.1, 0.15) is 0 Å². The zero-order chi connectivity index (χ0) is 13.1. The molecular formula is C14H11ClO2S. The van der Waals surface area contributed by atoms with Gasteiger partial charge in [-0.05, 0) is 41.6 Å². The second-order valence-corrected chi connectivity index (χ2v) is 5.02. The van der Waals surface area contributed by atoms with E-state index in [1.807, 2.05) is 36.6 Å². The molecule has 2 aromatic carbocycles. The summed E-state index contributed by atoms with van der Waals surface area (Å²) in [5.74, 6) is -1.01. The van der Waals surface area contributed by atoms with E-state index in [0.717, 1.165) is 11.1 Å². The molecule has 18 heavy (non-hydrogen) atoms. The second kappa shape index (κ2) is 5.46. The van der Waals surface area contributed by atoms with E-state index >= 15 is 0 Å². The lowest BCUT2D eigenvalue weighted by molar-refractivity contribution is 0.0697. The van der Waals surface area contributed by atoms with Crippen molar-refractivity contribution in [2.45, 2.75) is 4.90 Å². The highest BCUT2D eigenvalue weighted by Gasteiger charge is 2.10. The first-order valence-electron chi connectivity index (χ1n) is 5.29. The van der Waals surface area contributed by atoms with Gasteiger partial charge in [0.2, 0.25) is 0 Å². The van der Waals surface area contributed by atoms with Crippen molar-refractivity contribution in [3.8, 4) is 11.1 Å². The summed E-state index contributed by atoms with van der Waals surface area (Å²) in [5.41, 5.74) is 1.96. The fourth-order valence-corrected chi connectivity index (χ4v) is 2.26. The highest BCUT2D eigenvalue weighted by atomic mass is 35.5. The minimum atomic E-state index is -1.01. The topological polar surface area (TPSA) is 37.3 Å². The van der Waals surface area contributed by atoms with Gasteiger partial charge < -0.3 is 5.11 Å². The molecule has 0 saturated heterocycles. The fraction of sp³-hybridized carbons (Fsp3) is 0.0714. The van der Waals surface area contributed by atoms with E-state index in [9.17, 15) is 4.79 Å². The number of hydrogen-bond acceptors (Lipinski definition) is 2. The van der Waals surface area contributed by atoms with Gasteiger partial charge >= 0.3 is 5.97 Å². The van der Waals surface area contributed by atoms with Crippen molar-refractivity contribution >= 4 is 29.3 Å². The van der Waals surface area contributed by atoms with Gasteiger partial charge in [-0.2, -0.15) is 0 Å². The number of halogens is 1. The summed E-state index contributed by atoms with van der Waals surface area (Å²) in [6, 6.07) is 13.0. The van der Waals surface area contributed by atoms with E-state index in [4.69, 9.17) is 16.7 Å². The Bertz CT molecular complexity index is 579. The molecule has 2 nitrogen and oxygen atoms in total. The molecule has 0 atom stereocenters. The van der Waals surface area contributed by atoms with Crippen LogP contribution in [0.15, 0.2) is 47.4 Å². The summed E-state index contributed by atoms with van der Waals surface area (Å²) in [6.45, 7) is 0. The summed E-state index contributed by atoms with van der Waals surface area (Å²) in [5, 5.41) is 9.29. The smallest absolute Gasteiger partial charge is 0.337 e. The van der Waals surface area contributed by atoms with Crippen LogP contribution in [0.5, 0.6) is 0 Å². The van der Waals surface area contributed by atoms with Gasteiger partial charge in [0.05, 0.1) is 10.6 Å². The first-order valence-corrected chi connectivity index (χ1v) is 6.89. The number of thioether (sulfide) groups is 1. The predicted molar refractivity (Wildman–Crippen MR) is 75.6 cm³/mol. The molecule has 92 valence electrons. The van der Waals surface area contributed by atoms with Crippen LogP contribution in [0.3, 0.4) is 0 Å². The molecule has 0 spiro atoms. The van der Waals surface area contributed by atoms with Crippen LogP contribution < -0.4 is 0 Å². The number of carboxylic acid groups (broad SMARTS) is 1. The van der Waals surface area contributed by atoms with Crippen LogP contribution >= 0.6 is 23.4 Å². The Morgan fingerprint density at radius 2 is 1.72 bits per heavy atom. The molecule has 1 N–H and O–H groups in total. The first-order chi connectivity index (χ1) is 8.61. The summed E-state index contributed by atoms with van der Waals surface area (Å²) < 4.78 is 0. The molecule has 0 bridgehead atoms. The molecule has 0 radical (unpaired) electrons. The monoisotopic (exact) mass is 278 g/mol. The van der Waals surface area contributed by atoms with Gasteiger partial charge in [0, 0.05) is 4.90 Å². The van der Waals surface area contributed by atoms with E-state index in [2.05, 4.69) is 0 Å². The van der Waals surface area contributed by atoms with E-state index in [1.54, 1.807) is 23.9 Å². The lowest BCUT2D eigenvalue weighted by Crippen LogP contribution is -1.97. The summed E-state index contributed by atoms with van der Waals surface area (Å²) in [4.78, 5) is 12.2. The quantitative estimate of drug-likeness (QED) is 0.844. The van der Waals surface area contributed by atoms with Crippen molar-refractivity contribution < 1.29 is 9.90 Å². The highest BCUT2D eigenvalue weighted by Crippen LogP contribution is 2.27. The van der Waals surface area contributed by atoms with Crippen molar-refractivity contribution in [1.82, 2.24) is 0 Å². The average molecular weight is 279 g/mol. The lowest BCUT2D eigenvalue weighted by Gasteiger charge is -2.05. The van der Waals surface area contributed by atoms with Gasteiger partial charge in [0.15, 0.2) is 0 Å². The SMILES string of the molecule is CSc1ccc(-c2ccc(Cl)c(C(=O)O)c2)cc1. The molecule has 4 heteroatoms. The molecule has 0 heterocycles. The molecule has 0 aliphatic heterocycles. The minimum Gasteiger partial charge on any atom is -0.478 e. The van der Waals surface area contributed by atoms with Crippen LogP contribution in [0.1, 0.15) is 10.4 Å². The maximum Gasteiger partial charge on any atom is 0.337 e. The lowest BCUT2D eigenvalue weighted by atomic mass is 10.0. The molecule has 0 fully saturated rings. The number of hydrogen-bond donors (Lipinski definition) is 1. The number of rotatable bonds is 3. The number of carbonyl (C=O) groups is 1. The molecule has 0 saturated carbocycles. The maximum absolute atomic E-state index is 11.0. The Kier molecular flexibility index (Phi) is 3.94. The number of carboxylic acids is 1. The predicted octanol–water partition coefficient (Wildman–Crippen LogP) is 4.43. The number of benzene rings is 2. The summed E-state index contributed by atoms with van der Waals surface area (Å²) in [7, 11) is 0. The van der Waals surface area contributed by atoms with Gasteiger partial charge in [-0.3, -0.25) is 0 Å². The van der Waals surface area contributed by atoms with Crippen LogP contribution in [0.4, 0.5) is 0 Å². The average Bonchev–Trinajstić information content (AvgIpc) is 2.39. The number of aromatic carboxylic acids is 1. The Balaban J connectivity index is 2.44. The van der Waals surface area contributed by atoms with Crippen molar-refractivity contribution in [3.05, 3.63) is 53.1 Å². The zero-order valence-corrected chi connectivity index (χ0v) is 11.3. The third-order valence-electron chi connectivity index (χ3n) is 2.62. The normalized spacial score (nSPS) is 10.3. The van der Waals surface area contributed by atoms with Crippen LogP contribution in [0, 0.1) is 0 Å². The van der Waals surface area contributed by atoms with Gasteiger partial charge in [-0.25, -0.2) is 4.79 Å². The Labute approximate surface area is 115 Å². The maximum atomic E-state index is 11.0. The summed E-state index contributed by atoms with van der Waals surface area (Å²) >= 11 is 7.51. The van der Waals surface area contributed by atoms with Gasteiger partial charge in [-0.1, -0.05) is 29.8 Å². The van der Waals surface area contributed by atoms with Crippen LogP contribution in [0.25, 0.3) is 11.1 Å². The molecule has 0 aromatic heterocycles. The van der Waals surface area contributed by atoms with Crippen molar-refractivity contribution in [1.29, 1.82) is 0 Å². The molecule has 2 aromatic rings. The van der Waals surface area contributed by atoms with Gasteiger partial charge in [0.25, 0.3) is 0 Å². The summed E-state index contributed by atoms with van der Waals surface area (Å²) in [6.07, 6.45) is 2.01. The van der Waals surface area contributed by atoms with Crippen molar-refractivity contribution in [3.63, 3.8) is 0 Å². The van der Waals surface area contributed by atoms with Gasteiger partial charge in [-0.15, -0.1) is 11.8 Å². The van der Waals surface area contributed by atoms with E-state index in [1.165, 1.54) is 4.90 Å².